The molecule has 0 bridgehead atoms. The van der Waals surface area contributed by atoms with Gasteiger partial charge in [0.15, 0.2) is 5.75 Å². The molecule has 0 spiro atoms. The van der Waals surface area contributed by atoms with E-state index in [-0.39, 0.29) is 19.8 Å². The van der Waals surface area contributed by atoms with Crippen molar-refractivity contribution in [1.82, 2.24) is 0 Å². The van der Waals surface area contributed by atoms with Gasteiger partial charge in [0.05, 0.1) is 46.2 Å². The molecule has 0 saturated heterocycles. The summed E-state index contributed by atoms with van der Waals surface area (Å²) in [5.41, 5.74) is 0. The number of phosphoric ester groups is 1. The van der Waals surface area contributed by atoms with E-state index in [9.17, 15) is 4.57 Å². The van der Waals surface area contributed by atoms with Crippen molar-refractivity contribution < 1.29 is 37.4 Å². The van der Waals surface area contributed by atoms with Crippen LogP contribution in [0.4, 0.5) is 0 Å². The highest BCUT2D eigenvalue weighted by Gasteiger charge is 2.29. The standard InChI is InChI=1S/C34H63O8P/c1-3-5-6-7-8-9-10-11-12-13-14-15-16-17-18-19-20-24-27-39-43(35,42-41-34-25-22-21-23-26-34)40-33-32-38-31-30-37-29-28-36-4-2/h21-23,25-26H,3-20,24,27-33H2,1-2H3. The normalized spacial score (nSPS) is 12.9. The molecular weight excluding hydrogens is 567 g/mol. The molecule has 1 aromatic rings. The topological polar surface area (TPSA) is 81.7 Å². The molecular formula is C34H63O8P. The van der Waals surface area contributed by atoms with Crippen molar-refractivity contribution in [2.45, 2.75) is 129 Å². The Bertz CT molecular complexity index is 736. The van der Waals surface area contributed by atoms with Crippen LogP contribution in [0.1, 0.15) is 129 Å². The van der Waals surface area contributed by atoms with E-state index in [4.69, 9.17) is 32.8 Å². The molecule has 0 fully saturated rings. The average molecular weight is 631 g/mol. The molecule has 0 saturated carbocycles. The first-order valence-corrected chi connectivity index (χ1v) is 18.7. The maximum Gasteiger partial charge on any atom is 0.511 e. The summed E-state index contributed by atoms with van der Waals surface area (Å²) in [6.07, 6.45) is 23.6. The monoisotopic (exact) mass is 630 g/mol. The summed E-state index contributed by atoms with van der Waals surface area (Å²) < 4.78 is 45.4. The number of ether oxygens (including phenoxy) is 3. The van der Waals surface area contributed by atoms with Gasteiger partial charge in [0, 0.05) is 6.61 Å². The Morgan fingerprint density at radius 1 is 0.488 bits per heavy atom. The summed E-state index contributed by atoms with van der Waals surface area (Å²) in [5, 5.41) is 0. The molecule has 0 heterocycles. The van der Waals surface area contributed by atoms with Gasteiger partial charge in [0.2, 0.25) is 0 Å². The predicted molar refractivity (Wildman–Crippen MR) is 175 cm³/mol. The summed E-state index contributed by atoms with van der Waals surface area (Å²) in [6, 6.07) is 8.87. The van der Waals surface area contributed by atoms with E-state index in [1.807, 2.05) is 13.0 Å². The lowest BCUT2D eigenvalue weighted by Gasteiger charge is -2.17. The first kappa shape index (κ1) is 40.0. The van der Waals surface area contributed by atoms with Crippen molar-refractivity contribution in [2.75, 3.05) is 52.9 Å². The van der Waals surface area contributed by atoms with Crippen LogP contribution in [0, 0.1) is 0 Å². The van der Waals surface area contributed by atoms with Crippen molar-refractivity contribution in [3.8, 4) is 5.75 Å². The highest BCUT2D eigenvalue weighted by atomic mass is 31.2. The van der Waals surface area contributed by atoms with E-state index >= 15 is 0 Å². The third-order valence-electron chi connectivity index (χ3n) is 7.14. The van der Waals surface area contributed by atoms with Gasteiger partial charge in [-0.25, -0.2) is 4.57 Å². The van der Waals surface area contributed by atoms with Crippen LogP contribution in [0.25, 0.3) is 0 Å². The lowest BCUT2D eigenvalue weighted by atomic mass is 10.0. The predicted octanol–water partition coefficient (Wildman–Crippen LogP) is 10.2. The van der Waals surface area contributed by atoms with E-state index in [1.54, 1.807) is 24.3 Å². The summed E-state index contributed by atoms with van der Waals surface area (Å²) in [6.45, 7) is 7.42. The first-order chi connectivity index (χ1) is 21.2. The van der Waals surface area contributed by atoms with Crippen molar-refractivity contribution >= 4 is 7.82 Å². The smallest absolute Gasteiger partial charge is 0.379 e. The highest BCUT2D eigenvalue weighted by molar-refractivity contribution is 7.48. The molecule has 0 aliphatic carbocycles. The fourth-order valence-corrected chi connectivity index (χ4v) is 5.61. The third kappa shape index (κ3) is 27.1. The van der Waals surface area contributed by atoms with E-state index in [0.29, 0.717) is 38.8 Å². The van der Waals surface area contributed by atoms with Gasteiger partial charge >= 0.3 is 7.82 Å². The molecule has 0 aromatic heterocycles. The van der Waals surface area contributed by atoms with Crippen LogP contribution >= 0.6 is 7.82 Å². The minimum atomic E-state index is -3.90. The van der Waals surface area contributed by atoms with Gasteiger partial charge in [-0.2, -0.15) is 0 Å². The zero-order chi connectivity index (χ0) is 30.9. The van der Waals surface area contributed by atoms with Crippen LogP contribution in [-0.2, 0) is 32.5 Å². The fourth-order valence-electron chi connectivity index (χ4n) is 4.62. The maximum atomic E-state index is 13.1. The van der Waals surface area contributed by atoms with E-state index in [2.05, 4.69) is 6.92 Å². The summed E-state index contributed by atoms with van der Waals surface area (Å²) in [5.74, 6) is 0.420. The second kappa shape index (κ2) is 31.0. The number of hydrogen-bond acceptors (Lipinski definition) is 8. The molecule has 1 rings (SSSR count). The number of unbranched alkanes of at least 4 members (excludes halogenated alkanes) is 17. The second-order valence-electron chi connectivity index (χ2n) is 11.0. The molecule has 8 nitrogen and oxygen atoms in total. The lowest BCUT2D eigenvalue weighted by molar-refractivity contribution is -0.134. The van der Waals surface area contributed by atoms with Crippen LogP contribution in [0.15, 0.2) is 30.3 Å². The molecule has 1 atom stereocenters. The summed E-state index contributed by atoms with van der Waals surface area (Å²) in [7, 11) is -3.90. The maximum absolute atomic E-state index is 13.1. The Hall–Kier alpha value is -0.990. The fraction of sp³-hybridized carbons (Fsp3) is 0.824. The van der Waals surface area contributed by atoms with Crippen molar-refractivity contribution in [2.24, 2.45) is 0 Å². The first-order valence-electron chi connectivity index (χ1n) is 17.2. The lowest BCUT2D eigenvalue weighted by Crippen LogP contribution is -2.12. The molecule has 0 N–H and O–H groups in total. The molecule has 0 radical (unpaired) electrons. The Balaban J connectivity index is 2.06. The van der Waals surface area contributed by atoms with Gasteiger partial charge in [0.1, 0.15) is 0 Å². The third-order valence-corrected chi connectivity index (χ3v) is 8.40. The molecule has 1 aromatic carbocycles. The minimum Gasteiger partial charge on any atom is -0.379 e. The molecule has 43 heavy (non-hydrogen) atoms. The van der Waals surface area contributed by atoms with Crippen LogP contribution in [-0.4, -0.2) is 52.9 Å². The van der Waals surface area contributed by atoms with Gasteiger partial charge in [-0.05, 0) is 25.5 Å². The van der Waals surface area contributed by atoms with Gasteiger partial charge in [0.25, 0.3) is 0 Å². The molecule has 252 valence electrons. The quantitative estimate of drug-likeness (QED) is 0.0322. The summed E-state index contributed by atoms with van der Waals surface area (Å²) >= 11 is 0. The number of benzene rings is 1. The van der Waals surface area contributed by atoms with Crippen LogP contribution < -0.4 is 4.89 Å². The zero-order valence-electron chi connectivity index (χ0n) is 27.5. The van der Waals surface area contributed by atoms with Gasteiger partial charge in [-0.1, -0.05) is 139 Å². The van der Waals surface area contributed by atoms with Gasteiger partial charge in [-0.15, -0.1) is 0 Å². The van der Waals surface area contributed by atoms with Crippen molar-refractivity contribution in [3.05, 3.63) is 30.3 Å². The SMILES string of the molecule is CCCCCCCCCCCCCCCCCCCCOP(=O)(OCCOCCOCCOCC)OOc1ccccc1. The zero-order valence-corrected chi connectivity index (χ0v) is 28.4. The Kier molecular flexibility index (Phi) is 28.9. The van der Waals surface area contributed by atoms with Crippen molar-refractivity contribution in [1.29, 1.82) is 0 Å². The Morgan fingerprint density at radius 3 is 1.40 bits per heavy atom. The average Bonchev–Trinajstić information content (AvgIpc) is 3.02. The van der Waals surface area contributed by atoms with Crippen molar-refractivity contribution in [3.63, 3.8) is 0 Å². The second-order valence-corrected chi connectivity index (χ2v) is 12.6. The molecule has 0 aliphatic rings. The van der Waals surface area contributed by atoms with Gasteiger partial charge < -0.3 is 19.1 Å². The van der Waals surface area contributed by atoms with E-state index in [1.165, 1.54) is 96.3 Å². The van der Waals surface area contributed by atoms with Crippen LogP contribution in [0.5, 0.6) is 5.75 Å². The summed E-state index contributed by atoms with van der Waals surface area (Å²) in [4.78, 5) is 5.22. The molecule has 0 aliphatic heterocycles. The molecule has 1 unspecified atom stereocenters. The van der Waals surface area contributed by atoms with E-state index in [0.717, 1.165) is 19.3 Å². The Morgan fingerprint density at radius 2 is 0.907 bits per heavy atom. The Labute approximate surface area is 263 Å². The van der Waals surface area contributed by atoms with E-state index < -0.39 is 7.82 Å². The number of hydrogen-bond donors (Lipinski definition) is 0. The van der Waals surface area contributed by atoms with Crippen LogP contribution in [0.2, 0.25) is 0 Å². The molecule has 0 amide bonds. The highest BCUT2D eigenvalue weighted by Crippen LogP contribution is 2.49. The number of para-hydroxylation sites is 1. The molecule has 9 heteroatoms. The number of rotatable bonds is 34. The van der Waals surface area contributed by atoms with Crippen LogP contribution in [0.3, 0.4) is 0 Å². The van der Waals surface area contributed by atoms with Gasteiger partial charge in [-0.3, -0.25) is 9.05 Å². The number of phosphoric acid groups is 1. The minimum absolute atomic E-state index is 0.0491. The largest absolute Gasteiger partial charge is 0.511 e.